The van der Waals surface area contributed by atoms with E-state index in [1.807, 2.05) is 6.07 Å². The fraction of sp³-hybridized carbons (Fsp3) is 0.294. The first kappa shape index (κ1) is 14.1. The Morgan fingerprint density at radius 2 is 1.47 bits per heavy atom. The van der Waals surface area contributed by atoms with Crippen molar-refractivity contribution in [2.24, 2.45) is 0 Å². The molecular formula is C17H20BrN. The molecule has 2 aromatic rings. The molecule has 1 nitrogen and oxygen atoms in total. The number of anilines is 2. The maximum Gasteiger partial charge on any atom is 0.0552 e. The van der Waals surface area contributed by atoms with E-state index in [1.54, 1.807) is 0 Å². The summed E-state index contributed by atoms with van der Waals surface area (Å²) in [6, 6.07) is 17.0. The van der Waals surface area contributed by atoms with Gasteiger partial charge < -0.3 is 4.90 Å². The average molecular weight is 318 g/mol. The normalized spacial score (nSPS) is 11.4. The molecule has 0 heterocycles. The highest BCUT2D eigenvalue weighted by atomic mass is 79.9. The molecule has 19 heavy (non-hydrogen) atoms. The molecule has 2 heteroatoms. The number of halogens is 1. The minimum Gasteiger partial charge on any atom is -0.344 e. The molecule has 0 spiro atoms. The molecule has 0 fully saturated rings. The second-order valence-electron chi connectivity index (χ2n) is 5.81. The van der Waals surface area contributed by atoms with Crippen LogP contribution in [0.1, 0.15) is 26.3 Å². The van der Waals surface area contributed by atoms with Gasteiger partial charge in [0, 0.05) is 17.2 Å². The van der Waals surface area contributed by atoms with Gasteiger partial charge in [0.05, 0.1) is 5.69 Å². The summed E-state index contributed by atoms with van der Waals surface area (Å²) in [6.45, 7) is 6.71. The van der Waals surface area contributed by atoms with Gasteiger partial charge in [0.1, 0.15) is 0 Å². The van der Waals surface area contributed by atoms with E-state index in [1.165, 1.54) is 16.9 Å². The summed E-state index contributed by atoms with van der Waals surface area (Å²) in [6.07, 6.45) is 0. The number of nitrogens with zero attached hydrogens (tertiary/aromatic N) is 1. The van der Waals surface area contributed by atoms with Crippen molar-refractivity contribution in [1.29, 1.82) is 0 Å². The predicted octanol–water partition coefficient (Wildman–Crippen LogP) is 5.51. The largest absolute Gasteiger partial charge is 0.344 e. The minimum atomic E-state index is 0.199. The van der Waals surface area contributed by atoms with Crippen LogP contribution in [-0.2, 0) is 5.41 Å². The molecule has 0 radical (unpaired) electrons. The van der Waals surface area contributed by atoms with E-state index in [-0.39, 0.29) is 5.41 Å². The van der Waals surface area contributed by atoms with Crippen molar-refractivity contribution in [2.75, 3.05) is 11.9 Å². The molecule has 2 aromatic carbocycles. The van der Waals surface area contributed by atoms with Crippen LogP contribution in [0, 0.1) is 0 Å². The van der Waals surface area contributed by atoms with Gasteiger partial charge in [-0.3, -0.25) is 0 Å². The van der Waals surface area contributed by atoms with E-state index in [0.29, 0.717) is 0 Å². The lowest BCUT2D eigenvalue weighted by molar-refractivity contribution is 0.590. The predicted molar refractivity (Wildman–Crippen MR) is 87.3 cm³/mol. The van der Waals surface area contributed by atoms with Crippen LogP contribution in [0.15, 0.2) is 53.0 Å². The van der Waals surface area contributed by atoms with Gasteiger partial charge in [-0.15, -0.1) is 0 Å². The van der Waals surface area contributed by atoms with Gasteiger partial charge >= 0.3 is 0 Å². The molecule has 0 aliphatic heterocycles. The summed E-state index contributed by atoms with van der Waals surface area (Å²) in [5.41, 5.74) is 3.92. The number of rotatable bonds is 2. The van der Waals surface area contributed by atoms with Crippen molar-refractivity contribution in [3.8, 4) is 0 Å². The van der Waals surface area contributed by atoms with E-state index >= 15 is 0 Å². The summed E-state index contributed by atoms with van der Waals surface area (Å²) in [5, 5.41) is 0. The van der Waals surface area contributed by atoms with Crippen LogP contribution in [0.5, 0.6) is 0 Å². The van der Waals surface area contributed by atoms with Crippen molar-refractivity contribution < 1.29 is 0 Å². The first-order valence-electron chi connectivity index (χ1n) is 6.48. The zero-order chi connectivity index (χ0) is 14.0. The zero-order valence-corrected chi connectivity index (χ0v) is 13.5. The number of para-hydroxylation sites is 1. The lowest BCUT2D eigenvalue weighted by Crippen LogP contribution is -2.13. The van der Waals surface area contributed by atoms with Gasteiger partial charge in [-0.05, 0) is 51.2 Å². The summed E-state index contributed by atoms with van der Waals surface area (Å²) in [5.74, 6) is 0. The Labute approximate surface area is 124 Å². The molecule has 0 saturated carbocycles. The minimum absolute atomic E-state index is 0.199. The Morgan fingerprint density at radius 3 is 2.00 bits per heavy atom. The van der Waals surface area contributed by atoms with Gasteiger partial charge in [0.15, 0.2) is 0 Å². The molecule has 0 amide bonds. The molecule has 0 aliphatic rings. The van der Waals surface area contributed by atoms with Crippen molar-refractivity contribution in [1.82, 2.24) is 0 Å². The molecule has 0 aromatic heterocycles. The van der Waals surface area contributed by atoms with Crippen LogP contribution in [0.3, 0.4) is 0 Å². The summed E-state index contributed by atoms with van der Waals surface area (Å²) in [7, 11) is 2.09. The molecule has 2 rings (SSSR count). The molecule has 0 bridgehead atoms. The van der Waals surface area contributed by atoms with Crippen molar-refractivity contribution in [2.45, 2.75) is 26.2 Å². The smallest absolute Gasteiger partial charge is 0.0552 e. The molecule has 0 unspecified atom stereocenters. The zero-order valence-electron chi connectivity index (χ0n) is 11.9. The highest BCUT2D eigenvalue weighted by Gasteiger charge is 2.14. The van der Waals surface area contributed by atoms with E-state index in [9.17, 15) is 0 Å². The third-order valence-electron chi connectivity index (χ3n) is 3.33. The van der Waals surface area contributed by atoms with Gasteiger partial charge in [-0.2, -0.15) is 0 Å². The van der Waals surface area contributed by atoms with Crippen LogP contribution in [0.2, 0.25) is 0 Å². The van der Waals surface area contributed by atoms with E-state index in [4.69, 9.17) is 0 Å². The fourth-order valence-electron chi connectivity index (χ4n) is 2.05. The summed E-state index contributed by atoms with van der Waals surface area (Å²) < 4.78 is 1.11. The maximum absolute atomic E-state index is 3.60. The van der Waals surface area contributed by atoms with Crippen LogP contribution >= 0.6 is 15.9 Å². The molecular weight excluding hydrogens is 298 g/mol. The highest BCUT2D eigenvalue weighted by Crippen LogP contribution is 2.31. The Hall–Kier alpha value is -1.28. The third kappa shape index (κ3) is 3.19. The Morgan fingerprint density at radius 1 is 0.895 bits per heavy atom. The third-order valence-corrected chi connectivity index (χ3v) is 4.01. The average Bonchev–Trinajstić information content (AvgIpc) is 2.38. The molecule has 100 valence electrons. The van der Waals surface area contributed by atoms with Crippen LogP contribution in [0.25, 0.3) is 0 Å². The Balaban J connectivity index is 2.31. The monoisotopic (exact) mass is 317 g/mol. The van der Waals surface area contributed by atoms with E-state index in [2.05, 4.69) is 91.1 Å². The van der Waals surface area contributed by atoms with Crippen molar-refractivity contribution >= 4 is 27.3 Å². The molecule has 0 saturated heterocycles. The highest BCUT2D eigenvalue weighted by molar-refractivity contribution is 9.10. The number of hydrogen-bond donors (Lipinski definition) is 0. The van der Waals surface area contributed by atoms with Gasteiger partial charge in [0.2, 0.25) is 0 Å². The van der Waals surface area contributed by atoms with E-state index in [0.717, 1.165) is 4.47 Å². The standard InChI is InChI=1S/C17H20BrN/c1-17(2,3)13-9-11-14(12-10-13)19(4)16-8-6-5-7-15(16)18/h5-12H,1-4H3. The fourth-order valence-corrected chi connectivity index (χ4v) is 2.60. The quantitative estimate of drug-likeness (QED) is 0.705. The molecule has 0 aliphatic carbocycles. The SMILES string of the molecule is CN(c1ccc(C(C)(C)C)cc1)c1ccccc1Br. The first-order valence-corrected chi connectivity index (χ1v) is 7.28. The topological polar surface area (TPSA) is 3.24 Å². The van der Waals surface area contributed by atoms with Crippen LogP contribution in [-0.4, -0.2) is 7.05 Å². The molecule has 0 atom stereocenters. The summed E-state index contributed by atoms with van der Waals surface area (Å²) >= 11 is 3.60. The summed E-state index contributed by atoms with van der Waals surface area (Å²) in [4.78, 5) is 2.19. The number of benzene rings is 2. The van der Waals surface area contributed by atoms with E-state index < -0.39 is 0 Å². The van der Waals surface area contributed by atoms with Gasteiger partial charge in [-0.25, -0.2) is 0 Å². The Bertz CT molecular complexity index is 552. The lowest BCUT2D eigenvalue weighted by Gasteiger charge is -2.23. The van der Waals surface area contributed by atoms with Gasteiger partial charge in [-0.1, -0.05) is 45.0 Å². The van der Waals surface area contributed by atoms with Gasteiger partial charge in [0.25, 0.3) is 0 Å². The number of hydrogen-bond acceptors (Lipinski definition) is 1. The lowest BCUT2D eigenvalue weighted by atomic mass is 9.87. The second-order valence-corrected chi connectivity index (χ2v) is 6.66. The maximum atomic E-state index is 3.60. The van der Waals surface area contributed by atoms with Crippen molar-refractivity contribution in [3.05, 3.63) is 58.6 Å². The first-order chi connectivity index (χ1) is 8.89. The second kappa shape index (κ2) is 5.38. The Kier molecular flexibility index (Phi) is 4.00. The van der Waals surface area contributed by atoms with Crippen LogP contribution in [0.4, 0.5) is 11.4 Å². The van der Waals surface area contributed by atoms with Crippen LogP contribution < -0.4 is 4.90 Å². The van der Waals surface area contributed by atoms with Crippen molar-refractivity contribution in [3.63, 3.8) is 0 Å². The molecule has 0 N–H and O–H groups in total.